The van der Waals surface area contributed by atoms with E-state index in [0.717, 1.165) is 31.8 Å². The largest absolute Gasteiger partial charge is 0.330 e. The molecule has 114 valence electrons. The first-order valence-electron chi connectivity index (χ1n) is 7.99. The van der Waals surface area contributed by atoms with Crippen molar-refractivity contribution >= 4 is 15.9 Å². The van der Waals surface area contributed by atoms with E-state index in [1.165, 1.54) is 41.5 Å². The highest BCUT2D eigenvalue weighted by Crippen LogP contribution is 2.42. The van der Waals surface area contributed by atoms with Crippen LogP contribution in [0.2, 0.25) is 0 Å². The van der Waals surface area contributed by atoms with Crippen LogP contribution in [0.15, 0.2) is 4.47 Å². The van der Waals surface area contributed by atoms with Gasteiger partial charge in [-0.2, -0.15) is 5.10 Å². The predicted octanol–water partition coefficient (Wildman–Crippen LogP) is 3.93. The van der Waals surface area contributed by atoms with Crippen molar-refractivity contribution in [3.63, 3.8) is 0 Å². The van der Waals surface area contributed by atoms with Gasteiger partial charge >= 0.3 is 0 Å². The Hall–Kier alpha value is -0.350. The molecule has 1 fully saturated rings. The summed E-state index contributed by atoms with van der Waals surface area (Å²) in [6.07, 6.45) is 7.19. The summed E-state index contributed by atoms with van der Waals surface area (Å²) >= 11 is 3.77. The van der Waals surface area contributed by atoms with Gasteiger partial charge in [0.25, 0.3) is 0 Å². The zero-order valence-electron chi connectivity index (χ0n) is 13.1. The van der Waals surface area contributed by atoms with Crippen molar-refractivity contribution < 1.29 is 0 Å². The Morgan fingerprint density at radius 1 is 1.35 bits per heavy atom. The highest BCUT2D eigenvalue weighted by atomic mass is 79.9. The standard InChI is InChI=1S/C16H28BrN3/c1-4-13-15(17)14(20(5-2)19-13)10-16(11-18)8-6-12(3)7-9-16/h12H,4-11,18H2,1-3H3. The molecule has 0 amide bonds. The van der Waals surface area contributed by atoms with E-state index in [-0.39, 0.29) is 5.41 Å². The van der Waals surface area contributed by atoms with Crippen LogP contribution in [0.25, 0.3) is 0 Å². The molecular formula is C16H28BrN3. The lowest BCUT2D eigenvalue weighted by molar-refractivity contribution is 0.159. The van der Waals surface area contributed by atoms with Gasteiger partial charge in [0.15, 0.2) is 0 Å². The summed E-state index contributed by atoms with van der Waals surface area (Å²) in [5, 5.41) is 4.72. The molecule has 3 nitrogen and oxygen atoms in total. The highest BCUT2D eigenvalue weighted by Gasteiger charge is 2.35. The van der Waals surface area contributed by atoms with E-state index in [9.17, 15) is 0 Å². The summed E-state index contributed by atoms with van der Waals surface area (Å²) in [5.41, 5.74) is 8.98. The Morgan fingerprint density at radius 2 is 2.00 bits per heavy atom. The minimum absolute atomic E-state index is 0.285. The van der Waals surface area contributed by atoms with Crippen LogP contribution in [0.5, 0.6) is 0 Å². The lowest BCUT2D eigenvalue weighted by Gasteiger charge is -2.39. The van der Waals surface area contributed by atoms with Crippen molar-refractivity contribution in [3.05, 3.63) is 15.9 Å². The van der Waals surface area contributed by atoms with Gasteiger partial charge in [-0.05, 0) is 66.4 Å². The number of aryl methyl sites for hydroxylation is 2. The second kappa shape index (κ2) is 6.61. The molecule has 0 atom stereocenters. The van der Waals surface area contributed by atoms with Crippen LogP contribution >= 0.6 is 15.9 Å². The third-order valence-corrected chi connectivity index (χ3v) is 5.92. The smallest absolute Gasteiger partial charge is 0.0766 e. The lowest BCUT2D eigenvalue weighted by Crippen LogP contribution is -2.37. The first kappa shape index (κ1) is 16.0. The van der Waals surface area contributed by atoms with Crippen LogP contribution in [0, 0.1) is 11.3 Å². The molecule has 2 N–H and O–H groups in total. The fraction of sp³-hybridized carbons (Fsp3) is 0.812. The Bertz CT molecular complexity index is 445. The van der Waals surface area contributed by atoms with Crippen molar-refractivity contribution in [1.29, 1.82) is 0 Å². The third-order valence-electron chi connectivity index (χ3n) is 5.00. The van der Waals surface area contributed by atoms with E-state index in [1.54, 1.807) is 0 Å². The number of aromatic nitrogens is 2. The first-order valence-corrected chi connectivity index (χ1v) is 8.78. The van der Waals surface area contributed by atoms with Gasteiger partial charge in [-0.25, -0.2) is 0 Å². The summed E-state index contributed by atoms with van der Waals surface area (Å²) in [6, 6.07) is 0. The molecule has 1 aromatic rings. The Morgan fingerprint density at radius 3 is 2.50 bits per heavy atom. The Labute approximate surface area is 131 Å². The number of halogens is 1. The summed E-state index contributed by atoms with van der Waals surface area (Å²) in [6.45, 7) is 8.42. The molecule has 0 bridgehead atoms. The third kappa shape index (κ3) is 3.11. The zero-order chi connectivity index (χ0) is 14.8. The molecular weight excluding hydrogens is 314 g/mol. The molecule has 2 rings (SSSR count). The van der Waals surface area contributed by atoms with Crippen LogP contribution in [0.4, 0.5) is 0 Å². The van der Waals surface area contributed by atoms with Gasteiger partial charge < -0.3 is 5.73 Å². The van der Waals surface area contributed by atoms with E-state index in [1.807, 2.05) is 0 Å². The molecule has 1 aromatic heterocycles. The molecule has 1 aliphatic carbocycles. The second-order valence-electron chi connectivity index (χ2n) is 6.44. The number of nitrogens with zero attached hydrogens (tertiary/aromatic N) is 2. The molecule has 0 aliphatic heterocycles. The maximum atomic E-state index is 6.17. The molecule has 1 aliphatic rings. The molecule has 0 aromatic carbocycles. The molecule has 1 heterocycles. The minimum atomic E-state index is 0.285. The maximum Gasteiger partial charge on any atom is 0.0766 e. The number of hydrogen-bond acceptors (Lipinski definition) is 2. The van der Waals surface area contributed by atoms with Crippen molar-refractivity contribution in [1.82, 2.24) is 9.78 Å². The Balaban J connectivity index is 2.25. The normalized spacial score (nSPS) is 26.9. The molecule has 0 radical (unpaired) electrons. The van der Waals surface area contributed by atoms with Crippen LogP contribution in [0.3, 0.4) is 0 Å². The van der Waals surface area contributed by atoms with Crippen LogP contribution < -0.4 is 5.73 Å². The van der Waals surface area contributed by atoms with Gasteiger partial charge in [-0.15, -0.1) is 0 Å². The topological polar surface area (TPSA) is 43.8 Å². The van der Waals surface area contributed by atoms with Crippen LogP contribution in [-0.4, -0.2) is 16.3 Å². The maximum absolute atomic E-state index is 6.17. The average Bonchev–Trinajstić information content (AvgIpc) is 2.78. The van der Waals surface area contributed by atoms with Crippen LogP contribution in [0.1, 0.15) is 57.8 Å². The van der Waals surface area contributed by atoms with Gasteiger partial charge in [0.1, 0.15) is 0 Å². The summed E-state index contributed by atoms with van der Waals surface area (Å²) in [5.74, 6) is 0.861. The average molecular weight is 342 g/mol. The second-order valence-corrected chi connectivity index (χ2v) is 7.23. The SMILES string of the molecule is CCc1nn(CC)c(CC2(CN)CCC(C)CC2)c1Br. The van der Waals surface area contributed by atoms with Gasteiger partial charge in [0.05, 0.1) is 15.9 Å². The summed E-state index contributed by atoms with van der Waals surface area (Å²) < 4.78 is 3.38. The van der Waals surface area contributed by atoms with Crippen molar-refractivity contribution in [2.75, 3.05) is 6.54 Å². The highest BCUT2D eigenvalue weighted by molar-refractivity contribution is 9.10. The number of hydrogen-bond donors (Lipinski definition) is 1. The fourth-order valence-electron chi connectivity index (χ4n) is 3.37. The van der Waals surface area contributed by atoms with Crippen LogP contribution in [-0.2, 0) is 19.4 Å². The predicted molar refractivity (Wildman–Crippen MR) is 87.8 cm³/mol. The molecule has 20 heavy (non-hydrogen) atoms. The van der Waals surface area contributed by atoms with Gasteiger partial charge in [-0.1, -0.05) is 26.7 Å². The van der Waals surface area contributed by atoms with E-state index in [2.05, 4.69) is 41.4 Å². The van der Waals surface area contributed by atoms with E-state index in [4.69, 9.17) is 10.8 Å². The van der Waals surface area contributed by atoms with Crippen molar-refractivity contribution in [2.24, 2.45) is 17.1 Å². The monoisotopic (exact) mass is 341 g/mol. The summed E-state index contributed by atoms with van der Waals surface area (Å²) in [4.78, 5) is 0. The number of nitrogens with two attached hydrogens (primary N) is 1. The van der Waals surface area contributed by atoms with E-state index in [0.29, 0.717) is 0 Å². The number of rotatable bonds is 5. The van der Waals surface area contributed by atoms with E-state index >= 15 is 0 Å². The van der Waals surface area contributed by atoms with Gasteiger partial charge in [0, 0.05) is 6.54 Å². The minimum Gasteiger partial charge on any atom is -0.330 e. The lowest BCUT2D eigenvalue weighted by atomic mass is 9.68. The van der Waals surface area contributed by atoms with Crippen molar-refractivity contribution in [2.45, 2.75) is 65.8 Å². The molecule has 0 saturated heterocycles. The molecule has 0 spiro atoms. The first-order chi connectivity index (χ1) is 9.55. The van der Waals surface area contributed by atoms with Crippen molar-refractivity contribution in [3.8, 4) is 0 Å². The fourth-order valence-corrected chi connectivity index (χ4v) is 4.07. The quantitative estimate of drug-likeness (QED) is 0.881. The molecule has 0 unspecified atom stereocenters. The molecule has 4 heteroatoms. The molecule has 1 saturated carbocycles. The van der Waals surface area contributed by atoms with E-state index < -0.39 is 0 Å². The van der Waals surface area contributed by atoms with Gasteiger partial charge in [-0.3, -0.25) is 4.68 Å². The van der Waals surface area contributed by atoms with Gasteiger partial charge in [0.2, 0.25) is 0 Å². The summed E-state index contributed by atoms with van der Waals surface area (Å²) in [7, 11) is 0. The zero-order valence-corrected chi connectivity index (χ0v) is 14.7. The Kier molecular flexibility index (Phi) is 5.30.